The molecule has 0 bridgehead atoms. The number of rotatable bonds is 0. The van der Waals surface area contributed by atoms with Crippen LogP contribution in [0.4, 0.5) is 0 Å². The Balaban J connectivity index is -0.0000000160. The Labute approximate surface area is 211 Å². The fourth-order valence-electron chi connectivity index (χ4n) is 0. The summed E-state index contributed by atoms with van der Waals surface area (Å²) < 4.78 is 0. The van der Waals surface area contributed by atoms with Crippen LogP contribution in [0.1, 0.15) is 0 Å². The molecule has 3 N–H and O–H groups in total. The van der Waals surface area contributed by atoms with E-state index in [0.717, 1.165) is 0 Å². The van der Waals surface area contributed by atoms with Gasteiger partial charge in [-0.15, -0.1) is 0 Å². The van der Waals surface area contributed by atoms with E-state index in [1.165, 1.54) is 0 Å². The van der Waals surface area contributed by atoms with Gasteiger partial charge in [0.25, 0.3) is 0 Å². The normalized spacial score (nSPS) is 9.00. The van der Waals surface area contributed by atoms with Crippen LogP contribution in [0, 0.1) is 0 Å². The molecule has 12 nitrogen and oxygen atoms in total. The van der Waals surface area contributed by atoms with E-state index < -0.39 is 27.1 Å². The molecule has 0 saturated heterocycles. The van der Waals surface area contributed by atoms with Gasteiger partial charge in [-0.3, -0.25) is 0 Å². The van der Waals surface area contributed by atoms with E-state index in [0.29, 0.717) is 0 Å². The van der Waals surface area contributed by atoms with Crippen LogP contribution in [0.2, 0.25) is 0 Å². The Morgan fingerprint density at radius 2 is 0.600 bits per heavy atom. The van der Waals surface area contributed by atoms with E-state index in [1.807, 2.05) is 0 Å². The second kappa shape index (κ2) is 23.5. The van der Waals surface area contributed by atoms with Gasteiger partial charge in [-0.05, 0) is 0 Å². The quantitative estimate of drug-likeness (QED) is 0.193. The predicted octanol–water partition coefficient (Wildman–Crippen LogP) is -14.6. The van der Waals surface area contributed by atoms with E-state index in [-0.39, 0.29) is 130 Å². The van der Waals surface area contributed by atoms with Crippen molar-refractivity contribution in [2.24, 2.45) is 0 Å². The molecule has 0 spiro atoms. The molecular formula is H6AlCaO12PSi3SrZn. The minimum atomic E-state index is -5.61. The monoisotopic (exact) mass is 532 g/mol. The Hall–Kier alpha value is 4.50. The minimum Gasteiger partial charge on any atom is -0.894 e. The van der Waals surface area contributed by atoms with Crippen LogP contribution >= 0.6 is 9.90 Å². The van der Waals surface area contributed by atoms with Gasteiger partial charge in [-0.2, -0.15) is 9.90 Å². The van der Waals surface area contributed by atoms with Gasteiger partial charge in [0.05, 0.1) is 0 Å². The van der Waals surface area contributed by atoms with E-state index >= 15 is 0 Å². The van der Waals surface area contributed by atoms with Crippen molar-refractivity contribution in [3.8, 4) is 0 Å². The van der Waals surface area contributed by atoms with Crippen LogP contribution < -0.4 is 43.2 Å². The third-order valence-electron chi connectivity index (χ3n) is 0. The fraction of sp³-hybridized carbons (Fsp3) is 0. The van der Waals surface area contributed by atoms with E-state index in [1.54, 1.807) is 0 Å². The maximum atomic E-state index is 8.91. The van der Waals surface area contributed by atoms with Crippen LogP contribution in [0.5, 0.6) is 0 Å². The van der Waals surface area contributed by atoms with Crippen LogP contribution in [0.25, 0.3) is 0 Å². The Morgan fingerprint density at radius 1 is 0.600 bits per heavy atom. The molecule has 0 fully saturated rings. The Kier molecular flexibility index (Phi) is 58.4. The second-order valence-electron chi connectivity index (χ2n) is 1.57. The summed E-state index contributed by atoms with van der Waals surface area (Å²) in [5.41, 5.74) is 0. The van der Waals surface area contributed by atoms with E-state index in [2.05, 4.69) is 0 Å². The van der Waals surface area contributed by atoms with Gasteiger partial charge in [-0.25, -0.2) is 0 Å². The molecule has 0 saturated carbocycles. The summed E-state index contributed by atoms with van der Waals surface area (Å²) in [4.78, 5) is 99.2. The number of hydrogen-bond donors (Lipinski definition) is 3. The molecule has 20 heteroatoms. The molecule has 0 aromatic carbocycles. The molecule has 0 aliphatic rings. The first kappa shape index (κ1) is 49.7. The molecule has 104 valence electrons. The smallest absolute Gasteiger partial charge is 0.894 e. The molecule has 0 aliphatic carbocycles. The van der Waals surface area contributed by atoms with Crippen LogP contribution in [-0.4, -0.2) is 142 Å². The summed E-state index contributed by atoms with van der Waals surface area (Å²) in [6.07, 6.45) is 0. The molecule has 0 aromatic heterocycles. The zero-order valence-corrected chi connectivity index (χ0v) is 24.1. The van der Waals surface area contributed by atoms with Crippen molar-refractivity contribution < 1.29 is 77.0 Å². The molecule has 1 unspecified atom stereocenters. The molecule has 0 aromatic rings. The Bertz CT molecular complexity index is 114. The summed E-state index contributed by atoms with van der Waals surface area (Å²) in [5, 5.41) is 0. The fourth-order valence-corrected chi connectivity index (χ4v) is 0. The van der Waals surface area contributed by atoms with Crippen LogP contribution in [0.3, 0.4) is 0 Å². The topological polar surface area (TPSA) is 268 Å². The average molecular weight is 533 g/mol. The first-order chi connectivity index (χ1) is 6.00. The van der Waals surface area contributed by atoms with Crippen molar-refractivity contribution in [1.82, 2.24) is 0 Å². The maximum absolute atomic E-state index is 8.91. The molecule has 0 rings (SSSR count). The maximum Gasteiger partial charge on any atom is 3.00 e. The largest absolute Gasteiger partial charge is 3.00 e. The minimum absolute atomic E-state index is 0. The van der Waals surface area contributed by atoms with E-state index in [9.17, 15) is 0 Å². The van der Waals surface area contributed by atoms with Crippen LogP contribution in [-0.2, 0) is 19.5 Å². The molecule has 0 radical (unpaired) electrons. The van der Waals surface area contributed by atoms with Gasteiger partial charge in [0.1, 0.15) is 0 Å². The van der Waals surface area contributed by atoms with Gasteiger partial charge >= 0.3 is 129 Å². The van der Waals surface area contributed by atoms with E-state index in [4.69, 9.17) is 57.5 Å². The predicted molar refractivity (Wildman–Crippen MR) is 52.3 cm³/mol. The van der Waals surface area contributed by atoms with Gasteiger partial charge in [0.15, 0.2) is 0 Å². The molecule has 0 amide bonds. The van der Waals surface area contributed by atoms with Crippen molar-refractivity contribution in [2.75, 3.05) is 0 Å². The summed E-state index contributed by atoms with van der Waals surface area (Å²) in [6, 6.07) is 0. The first-order valence-corrected chi connectivity index (χ1v) is 7.52. The molecule has 20 heavy (non-hydrogen) atoms. The second-order valence-corrected chi connectivity index (χ2v) is 4.72. The Morgan fingerprint density at radius 3 is 0.600 bits per heavy atom. The van der Waals surface area contributed by atoms with Crippen molar-refractivity contribution >= 4 is 138 Å². The summed E-state index contributed by atoms with van der Waals surface area (Å²) >= 11 is 0. The molecular weight excluding hydrogens is 527 g/mol. The SMILES string of the molecule is P.[Al+3].[Ca+2].[O-][Si](O)(O)O.[O-][Si]([O-])([O-])[O-].[O-][Si]([O-])([O-])[O-].[Sr+2].[Zn+2]. The third kappa shape index (κ3) is 514. The van der Waals surface area contributed by atoms with Crippen molar-refractivity contribution in [2.45, 2.75) is 0 Å². The average Bonchev–Trinajstić information content (AvgIpc) is 1.41. The van der Waals surface area contributed by atoms with Gasteiger partial charge < -0.3 is 75.6 Å². The molecule has 1 atom stereocenters. The van der Waals surface area contributed by atoms with Crippen molar-refractivity contribution in [3.05, 3.63) is 0 Å². The van der Waals surface area contributed by atoms with Crippen LogP contribution in [0.15, 0.2) is 0 Å². The van der Waals surface area contributed by atoms with Gasteiger partial charge in [0, 0.05) is 0 Å². The summed E-state index contributed by atoms with van der Waals surface area (Å²) in [5.74, 6) is 0. The van der Waals surface area contributed by atoms with Gasteiger partial charge in [0.2, 0.25) is 0 Å². The summed E-state index contributed by atoms with van der Waals surface area (Å²) in [6.45, 7) is 0. The zero-order chi connectivity index (χ0) is 13.5. The third-order valence-corrected chi connectivity index (χ3v) is 0. The molecule has 0 heterocycles. The standard InChI is InChI=1S/Al.Ca.H3O4Si.2O4Si.H3P.Sr.Zn/c;;3*1-5(2,3)4;;;/h;;1-3H;;;1H3;;/q+3;+2;-1;2*-4;;2*+2. The first-order valence-electron chi connectivity index (χ1n) is 2.51. The summed E-state index contributed by atoms with van der Waals surface area (Å²) in [7, 11) is -16.1. The van der Waals surface area contributed by atoms with Gasteiger partial charge in [-0.1, -0.05) is 0 Å². The number of hydrogen-bond acceptors (Lipinski definition) is 12. The van der Waals surface area contributed by atoms with Crippen molar-refractivity contribution in [1.29, 1.82) is 0 Å². The zero-order valence-electron chi connectivity index (χ0n) is 9.92. The molecule has 0 aliphatic heterocycles. The van der Waals surface area contributed by atoms with Crippen molar-refractivity contribution in [3.63, 3.8) is 0 Å².